The lowest BCUT2D eigenvalue weighted by atomic mass is 10.1. The Bertz CT molecular complexity index is 432. The number of carbonyl (C=O) groups excluding carboxylic acids is 1. The molecule has 1 aromatic heterocycles. The summed E-state index contributed by atoms with van der Waals surface area (Å²) >= 11 is 1.21. The molecule has 0 radical (unpaired) electrons. The molecule has 0 spiro atoms. The Morgan fingerprint density at radius 1 is 1.35 bits per heavy atom. The van der Waals surface area contributed by atoms with Crippen molar-refractivity contribution in [1.82, 2.24) is 19.4 Å². The molecule has 110 valence electrons. The maximum atomic E-state index is 12.1. The lowest BCUT2D eigenvalue weighted by Crippen LogP contribution is -2.37. The van der Waals surface area contributed by atoms with Crippen molar-refractivity contribution in [3.05, 3.63) is 6.20 Å². The summed E-state index contributed by atoms with van der Waals surface area (Å²) in [5.41, 5.74) is 0. The molecule has 2 aliphatic heterocycles. The van der Waals surface area contributed by atoms with Gasteiger partial charge in [-0.25, -0.2) is 4.79 Å². The molecule has 0 aliphatic carbocycles. The molecule has 1 unspecified atom stereocenters. The van der Waals surface area contributed by atoms with Gasteiger partial charge in [0.15, 0.2) is 0 Å². The van der Waals surface area contributed by atoms with Crippen molar-refractivity contribution in [3.8, 4) is 0 Å². The minimum Gasteiger partial charge on any atom is -0.324 e. The second-order valence-electron chi connectivity index (χ2n) is 5.67. The number of hydrogen-bond donors (Lipinski definition) is 1. The van der Waals surface area contributed by atoms with E-state index < -0.39 is 0 Å². The number of aromatic nitrogens is 2. The first-order chi connectivity index (χ1) is 9.81. The Morgan fingerprint density at radius 2 is 2.20 bits per heavy atom. The summed E-state index contributed by atoms with van der Waals surface area (Å²) in [6.07, 6.45) is 6.73. The second-order valence-corrected chi connectivity index (χ2v) is 6.46. The molecule has 7 heteroatoms. The van der Waals surface area contributed by atoms with Gasteiger partial charge < -0.3 is 9.80 Å². The van der Waals surface area contributed by atoms with E-state index in [1.54, 1.807) is 6.20 Å². The summed E-state index contributed by atoms with van der Waals surface area (Å²) in [5, 5.41) is 7.29. The summed E-state index contributed by atoms with van der Waals surface area (Å²) < 4.78 is 3.75. The van der Waals surface area contributed by atoms with Crippen molar-refractivity contribution < 1.29 is 4.79 Å². The van der Waals surface area contributed by atoms with E-state index in [9.17, 15) is 4.79 Å². The van der Waals surface area contributed by atoms with Gasteiger partial charge in [0.05, 0.1) is 6.20 Å². The normalized spacial score (nSPS) is 24.0. The van der Waals surface area contributed by atoms with Crippen molar-refractivity contribution >= 4 is 22.6 Å². The van der Waals surface area contributed by atoms with E-state index >= 15 is 0 Å². The molecule has 2 amide bonds. The zero-order chi connectivity index (χ0) is 13.8. The van der Waals surface area contributed by atoms with Crippen LogP contribution >= 0.6 is 11.5 Å². The number of nitrogens with zero attached hydrogens (tertiary/aromatic N) is 4. The third kappa shape index (κ3) is 3.46. The quantitative estimate of drug-likeness (QED) is 0.925. The van der Waals surface area contributed by atoms with Gasteiger partial charge in [0, 0.05) is 31.2 Å². The molecule has 0 aromatic carbocycles. The first kappa shape index (κ1) is 13.8. The van der Waals surface area contributed by atoms with Crippen LogP contribution in [0.5, 0.6) is 0 Å². The van der Waals surface area contributed by atoms with Crippen LogP contribution in [0.3, 0.4) is 0 Å². The minimum atomic E-state index is -0.0165. The predicted octanol–water partition coefficient (Wildman–Crippen LogP) is 1.88. The van der Waals surface area contributed by atoms with Crippen LogP contribution in [0, 0.1) is 5.92 Å². The van der Waals surface area contributed by atoms with Crippen molar-refractivity contribution in [2.75, 3.05) is 38.0 Å². The van der Waals surface area contributed by atoms with Gasteiger partial charge in [-0.15, -0.1) is 5.10 Å². The number of nitrogens with one attached hydrogen (secondary N) is 1. The summed E-state index contributed by atoms with van der Waals surface area (Å²) in [6.45, 7) is 5.33. The van der Waals surface area contributed by atoms with E-state index in [1.165, 1.54) is 43.9 Å². The molecule has 1 aromatic rings. The first-order valence-corrected chi connectivity index (χ1v) is 8.14. The molecule has 20 heavy (non-hydrogen) atoms. The molecule has 1 atom stereocenters. The smallest absolute Gasteiger partial charge is 0.322 e. The van der Waals surface area contributed by atoms with Gasteiger partial charge in [-0.2, -0.15) is 0 Å². The number of amides is 2. The van der Waals surface area contributed by atoms with Gasteiger partial charge in [-0.1, -0.05) is 10.9 Å². The summed E-state index contributed by atoms with van der Waals surface area (Å²) in [5.74, 6) is 0.624. The van der Waals surface area contributed by atoms with Gasteiger partial charge in [-0.05, 0) is 38.3 Å². The van der Waals surface area contributed by atoms with Crippen LogP contribution in [0.25, 0.3) is 0 Å². The maximum absolute atomic E-state index is 12.1. The van der Waals surface area contributed by atoms with Crippen molar-refractivity contribution in [3.63, 3.8) is 0 Å². The maximum Gasteiger partial charge on any atom is 0.322 e. The Hall–Kier alpha value is -1.21. The van der Waals surface area contributed by atoms with Crippen molar-refractivity contribution in [2.45, 2.75) is 25.7 Å². The number of piperidine rings is 1. The molecule has 6 nitrogen and oxygen atoms in total. The van der Waals surface area contributed by atoms with Crippen molar-refractivity contribution in [2.24, 2.45) is 5.92 Å². The monoisotopic (exact) mass is 295 g/mol. The van der Waals surface area contributed by atoms with E-state index in [1.807, 2.05) is 4.90 Å². The summed E-state index contributed by atoms with van der Waals surface area (Å²) in [4.78, 5) is 16.6. The molecular weight excluding hydrogens is 274 g/mol. The third-order valence-electron chi connectivity index (χ3n) is 4.13. The van der Waals surface area contributed by atoms with E-state index in [0.29, 0.717) is 5.92 Å². The minimum absolute atomic E-state index is 0.0165. The molecule has 1 N–H and O–H groups in total. The second kappa shape index (κ2) is 6.49. The molecule has 3 heterocycles. The van der Waals surface area contributed by atoms with Crippen LogP contribution in [0.2, 0.25) is 0 Å². The molecule has 2 fully saturated rings. The fourth-order valence-corrected chi connectivity index (χ4v) is 3.49. The SMILES string of the molecule is O=C(Nc1cnns1)N1CCC(CN2CCCCC2)C1. The highest BCUT2D eigenvalue weighted by Gasteiger charge is 2.28. The van der Waals surface area contributed by atoms with E-state index in [4.69, 9.17) is 0 Å². The Labute approximate surface area is 123 Å². The van der Waals surface area contributed by atoms with E-state index in [0.717, 1.165) is 31.1 Å². The average molecular weight is 295 g/mol. The number of likely N-dealkylation sites (tertiary alicyclic amines) is 2. The number of urea groups is 1. The summed E-state index contributed by atoms with van der Waals surface area (Å²) in [6, 6.07) is -0.0165. The van der Waals surface area contributed by atoms with Crippen molar-refractivity contribution in [1.29, 1.82) is 0 Å². The number of carbonyl (C=O) groups is 1. The van der Waals surface area contributed by atoms with Crippen LogP contribution in [0.1, 0.15) is 25.7 Å². The third-order valence-corrected chi connectivity index (χ3v) is 4.71. The molecule has 0 bridgehead atoms. The van der Waals surface area contributed by atoms with Crippen LogP contribution in [0.15, 0.2) is 6.20 Å². The largest absolute Gasteiger partial charge is 0.324 e. The molecule has 2 saturated heterocycles. The Kier molecular flexibility index (Phi) is 4.47. The van der Waals surface area contributed by atoms with Crippen LogP contribution in [-0.2, 0) is 0 Å². The van der Waals surface area contributed by atoms with Crippen LogP contribution in [0.4, 0.5) is 9.80 Å². The van der Waals surface area contributed by atoms with Gasteiger partial charge in [0.1, 0.15) is 5.00 Å². The number of rotatable bonds is 3. The molecular formula is C13H21N5OS. The average Bonchev–Trinajstić information content (AvgIpc) is 3.11. The zero-order valence-electron chi connectivity index (χ0n) is 11.6. The van der Waals surface area contributed by atoms with Crippen LogP contribution < -0.4 is 5.32 Å². The molecule has 3 rings (SSSR count). The predicted molar refractivity (Wildman–Crippen MR) is 78.9 cm³/mol. The molecule has 0 saturated carbocycles. The lowest BCUT2D eigenvalue weighted by molar-refractivity contribution is 0.192. The lowest BCUT2D eigenvalue weighted by Gasteiger charge is -2.28. The fourth-order valence-electron chi connectivity index (χ4n) is 3.08. The number of anilines is 1. The van der Waals surface area contributed by atoms with Gasteiger partial charge in [0.25, 0.3) is 0 Å². The van der Waals surface area contributed by atoms with Gasteiger partial charge in [-0.3, -0.25) is 5.32 Å². The standard InChI is InChI=1S/C13H21N5OS/c19-13(15-12-8-14-16-20-12)18-7-4-11(10-18)9-17-5-2-1-3-6-17/h8,11H,1-7,9-10H2,(H,15,19). The highest BCUT2D eigenvalue weighted by atomic mass is 32.1. The highest BCUT2D eigenvalue weighted by Crippen LogP contribution is 2.21. The highest BCUT2D eigenvalue weighted by molar-refractivity contribution is 7.10. The molecule has 2 aliphatic rings. The topological polar surface area (TPSA) is 61.4 Å². The Balaban J connectivity index is 1.45. The Morgan fingerprint density at radius 3 is 2.95 bits per heavy atom. The first-order valence-electron chi connectivity index (χ1n) is 7.37. The van der Waals surface area contributed by atoms with E-state index in [-0.39, 0.29) is 6.03 Å². The number of hydrogen-bond acceptors (Lipinski definition) is 5. The van der Waals surface area contributed by atoms with Crippen LogP contribution in [-0.4, -0.2) is 58.1 Å². The zero-order valence-corrected chi connectivity index (χ0v) is 12.4. The fraction of sp³-hybridized carbons (Fsp3) is 0.769. The van der Waals surface area contributed by atoms with Gasteiger partial charge in [0.2, 0.25) is 0 Å². The van der Waals surface area contributed by atoms with E-state index in [2.05, 4.69) is 19.8 Å². The van der Waals surface area contributed by atoms with Gasteiger partial charge >= 0.3 is 6.03 Å². The summed E-state index contributed by atoms with van der Waals surface area (Å²) in [7, 11) is 0.